The number of piperazine rings is 1. The predicted molar refractivity (Wildman–Crippen MR) is 103 cm³/mol. The summed E-state index contributed by atoms with van der Waals surface area (Å²) in [5.74, 6) is 0. The van der Waals surface area contributed by atoms with Crippen LogP contribution in [0, 0.1) is 0 Å². The first kappa shape index (κ1) is 16.4. The number of nitrogens with one attached hydrogen (secondary N) is 1. The third-order valence-electron chi connectivity index (χ3n) is 5.72. The molecule has 2 amide bonds. The van der Waals surface area contributed by atoms with E-state index in [9.17, 15) is 4.79 Å². The minimum absolute atomic E-state index is 0.0275. The number of benzene rings is 2. The van der Waals surface area contributed by atoms with Gasteiger partial charge in [0.05, 0.1) is 5.69 Å². The lowest BCUT2D eigenvalue weighted by Gasteiger charge is -2.40. The molecule has 2 aliphatic rings. The first-order valence-electron chi connectivity index (χ1n) is 9.59. The van der Waals surface area contributed by atoms with Gasteiger partial charge in [0.25, 0.3) is 0 Å². The van der Waals surface area contributed by atoms with Crippen LogP contribution in [-0.2, 0) is 0 Å². The number of nitrogens with zero attached hydrogens (tertiary/aromatic N) is 2. The Morgan fingerprint density at radius 1 is 0.880 bits per heavy atom. The summed E-state index contributed by atoms with van der Waals surface area (Å²) in [7, 11) is 0. The van der Waals surface area contributed by atoms with Crippen molar-refractivity contribution < 1.29 is 4.79 Å². The number of hydrogen-bond donors (Lipinski definition) is 1. The lowest BCUT2D eigenvalue weighted by molar-refractivity contribution is 0.0943. The highest BCUT2D eigenvalue weighted by molar-refractivity contribution is 6.01. The molecule has 0 unspecified atom stereocenters. The summed E-state index contributed by atoms with van der Waals surface area (Å²) in [5, 5.41) is 5.37. The van der Waals surface area contributed by atoms with Crippen molar-refractivity contribution in [1.82, 2.24) is 9.80 Å². The highest BCUT2D eigenvalue weighted by Gasteiger charge is 2.27. The van der Waals surface area contributed by atoms with Crippen molar-refractivity contribution in [2.45, 2.75) is 38.1 Å². The molecule has 2 aromatic carbocycles. The maximum atomic E-state index is 12.7. The van der Waals surface area contributed by atoms with Gasteiger partial charge in [-0.25, -0.2) is 4.79 Å². The van der Waals surface area contributed by atoms with Crippen LogP contribution < -0.4 is 5.32 Å². The zero-order valence-electron chi connectivity index (χ0n) is 14.8. The summed E-state index contributed by atoms with van der Waals surface area (Å²) in [6.07, 6.45) is 6.80. The van der Waals surface area contributed by atoms with Crippen LogP contribution in [0.15, 0.2) is 42.5 Å². The molecule has 1 N–H and O–H groups in total. The lowest BCUT2D eigenvalue weighted by Crippen LogP contribution is -2.53. The fourth-order valence-electron chi connectivity index (χ4n) is 4.27. The maximum absolute atomic E-state index is 12.7. The number of hydrogen-bond acceptors (Lipinski definition) is 2. The second-order valence-corrected chi connectivity index (χ2v) is 7.27. The summed E-state index contributed by atoms with van der Waals surface area (Å²) in [6.45, 7) is 3.67. The van der Waals surface area contributed by atoms with Crippen LogP contribution in [0.4, 0.5) is 10.5 Å². The van der Waals surface area contributed by atoms with Crippen LogP contribution in [0.25, 0.3) is 10.8 Å². The van der Waals surface area contributed by atoms with Gasteiger partial charge in [-0.3, -0.25) is 4.90 Å². The smallest absolute Gasteiger partial charge is 0.321 e. The Bertz CT molecular complexity index is 726. The van der Waals surface area contributed by atoms with Crippen LogP contribution in [0.3, 0.4) is 0 Å². The zero-order valence-corrected chi connectivity index (χ0v) is 14.8. The summed E-state index contributed by atoms with van der Waals surface area (Å²) >= 11 is 0. The Labute approximate surface area is 149 Å². The number of anilines is 1. The SMILES string of the molecule is O=C(Nc1cccc2ccccc12)N1CCN(C2CCCCC2)CC1. The van der Waals surface area contributed by atoms with Crippen LogP contribution in [0.5, 0.6) is 0 Å². The van der Waals surface area contributed by atoms with Crippen LogP contribution >= 0.6 is 0 Å². The molecule has 2 aromatic rings. The molecule has 1 aliphatic heterocycles. The van der Waals surface area contributed by atoms with Crippen molar-refractivity contribution in [2.24, 2.45) is 0 Å². The summed E-state index contributed by atoms with van der Waals surface area (Å²) < 4.78 is 0. The fourth-order valence-corrected chi connectivity index (χ4v) is 4.27. The molecule has 2 fully saturated rings. The van der Waals surface area contributed by atoms with E-state index in [1.54, 1.807) is 0 Å². The number of amides is 2. The highest BCUT2D eigenvalue weighted by Crippen LogP contribution is 2.25. The Kier molecular flexibility index (Phi) is 4.88. The lowest BCUT2D eigenvalue weighted by atomic mass is 9.94. The monoisotopic (exact) mass is 337 g/mol. The van der Waals surface area contributed by atoms with Crippen LogP contribution in [0.1, 0.15) is 32.1 Å². The molecule has 1 saturated carbocycles. The largest absolute Gasteiger partial charge is 0.322 e. The van der Waals surface area contributed by atoms with E-state index < -0.39 is 0 Å². The van der Waals surface area contributed by atoms with Gasteiger partial charge >= 0.3 is 6.03 Å². The molecule has 0 radical (unpaired) electrons. The number of carbonyl (C=O) groups excluding carboxylic acids is 1. The molecule has 1 saturated heterocycles. The Morgan fingerprint density at radius 2 is 1.60 bits per heavy atom. The van der Waals surface area contributed by atoms with Crippen molar-refractivity contribution in [3.8, 4) is 0 Å². The van der Waals surface area contributed by atoms with Crippen molar-refractivity contribution >= 4 is 22.5 Å². The van der Waals surface area contributed by atoms with Crippen molar-refractivity contribution in [3.05, 3.63) is 42.5 Å². The van der Waals surface area contributed by atoms with E-state index >= 15 is 0 Å². The molecular weight excluding hydrogens is 310 g/mol. The number of carbonyl (C=O) groups is 1. The van der Waals surface area contributed by atoms with Gasteiger partial charge in [-0.1, -0.05) is 55.7 Å². The normalized spacial score (nSPS) is 19.9. The maximum Gasteiger partial charge on any atom is 0.321 e. The van der Waals surface area contributed by atoms with Gasteiger partial charge in [-0.05, 0) is 24.3 Å². The molecule has 25 heavy (non-hydrogen) atoms. The Morgan fingerprint density at radius 3 is 2.40 bits per heavy atom. The zero-order chi connectivity index (χ0) is 17.1. The van der Waals surface area contributed by atoms with Gasteiger partial charge in [-0.15, -0.1) is 0 Å². The Hall–Kier alpha value is -2.07. The topological polar surface area (TPSA) is 35.6 Å². The van der Waals surface area contributed by atoms with E-state index in [4.69, 9.17) is 0 Å². The van der Waals surface area contributed by atoms with Gasteiger partial charge in [0.15, 0.2) is 0 Å². The molecular formula is C21H27N3O. The van der Waals surface area contributed by atoms with Crippen molar-refractivity contribution in [2.75, 3.05) is 31.5 Å². The van der Waals surface area contributed by atoms with E-state index in [0.29, 0.717) is 0 Å². The standard InChI is InChI=1S/C21H27N3O/c25-21(22-20-12-6-8-17-7-4-5-11-19(17)20)24-15-13-23(14-16-24)18-9-2-1-3-10-18/h4-8,11-12,18H,1-3,9-10,13-16H2,(H,22,25). The van der Waals surface area contributed by atoms with Gasteiger partial charge in [-0.2, -0.15) is 0 Å². The van der Waals surface area contributed by atoms with E-state index in [-0.39, 0.29) is 6.03 Å². The van der Waals surface area contributed by atoms with E-state index in [1.807, 2.05) is 29.2 Å². The van der Waals surface area contributed by atoms with E-state index in [1.165, 1.54) is 32.1 Å². The third-order valence-corrected chi connectivity index (χ3v) is 5.72. The first-order valence-corrected chi connectivity index (χ1v) is 9.59. The average molecular weight is 337 g/mol. The second kappa shape index (κ2) is 7.44. The fraction of sp³-hybridized carbons (Fsp3) is 0.476. The molecule has 4 rings (SSSR count). The molecule has 0 spiro atoms. The van der Waals surface area contributed by atoms with Gasteiger partial charge < -0.3 is 10.2 Å². The number of fused-ring (bicyclic) bond motifs is 1. The van der Waals surface area contributed by atoms with Gasteiger partial charge in [0.1, 0.15) is 0 Å². The average Bonchev–Trinajstić information content (AvgIpc) is 2.69. The number of rotatable bonds is 2. The molecule has 0 atom stereocenters. The second-order valence-electron chi connectivity index (χ2n) is 7.27. The van der Waals surface area contributed by atoms with Crippen LogP contribution in [0.2, 0.25) is 0 Å². The molecule has 132 valence electrons. The van der Waals surface area contributed by atoms with Gasteiger partial charge in [0.2, 0.25) is 0 Å². The molecule has 4 heteroatoms. The van der Waals surface area contributed by atoms with E-state index in [2.05, 4.69) is 28.4 Å². The molecule has 1 heterocycles. The molecule has 0 bridgehead atoms. The number of urea groups is 1. The highest BCUT2D eigenvalue weighted by atomic mass is 16.2. The quantitative estimate of drug-likeness (QED) is 0.886. The van der Waals surface area contributed by atoms with E-state index in [0.717, 1.165) is 48.7 Å². The minimum Gasteiger partial charge on any atom is -0.322 e. The predicted octanol–water partition coefficient (Wildman–Crippen LogP) is 4.32. The molecule has 0 aromatic heterocycles. The minimum atomic E-state index is 0.0275. The summed E-state index contributed by atoms with van der Waals surface area (Å²) in [5.41, 5.74) is 0.901. The van der Waals surface area contributed by atoms with Crippen LogP contribution in [-0.4, -0.2) is 48.1 Å². The van der Waals surface area contributed by atoms with Crippen molar-refractivity contribution in [3.63, 3.8) is 0 Å². The van der Waals surface area contributed by atoms with Crippen molar-refractivity contribution in [1.29, 1.82) is 0 Å². The summed E-state index contributed by atoms with van der Waals surface area (Å²) in [4.78, 5) is 17.2. The molecule has 4 nitrogen and oxygen atoms in total. The molecule has 1 aliphatic carbocycles. The Balaban J connectivity index is 1.37. The van der Waals surface area contributed by atoms with Gasteiger partial charge in [0, 0.05) is 37.6 Å². The third kappa shape index (κ3) is 3.64. The summed E-state index contributed by atoms with van der Waals surface area (Å²) in [6, 6.07) is 15.0. The first-order chi connectivity index (χ1) is 12.3.